The maximum absolute atomic E-state index is 13.6. The highest BCUT2D eigenvalue weighted by Gasteiger charge is 2.20. The molecule has 20 heavy (non-hydrogen) atoms. The topological polar surface area (TPSA) is 53.1 Å². The van der Waals surface area contributed by atoms with Crippen LogP contribution in [0.5, 0.6) is 0 Å². The third-order valence-electron chi connectivity index (χ3n) is 3.54. The largest absolute Gasteiger partial charge is 0.381 e. The first-order valence-corrected chi connectivity index (χ1v) is 7.63. The molecule has 2 aromatic rings. The molecule has 1 aliphatic carbocycles. The monoisotopic (exact) mass is 341 g/mol. The summed E-state index contributed by atoms with van der Waals surface area (Å²) in [5, 5.41) is 0. The van der Waals surface area contributed by atoms with Crippen molar-refractivity contribution in [3.05, 3.63) is 22.4 Å². The van der Waals surface area contributed by atoms with Crippen LogP contribution in [0.2, 0.25) is 0 Å². The lowest BCUT2D eigenvalue weighted by atomic mass is 10.3. The Morgan fingerprint density at radius 2 is 2.25 bits per heavy atom. The normalized spacial score (nSPS) is 15.1. The van der Waals surface area contributed by atoms with E-state index in [1.807, 2.05) is 4.57 Å². The maximum Gasteiger partial charge on any atom is 0.201 e. The van der Waals surface area contributed by atoms with Crippen molar-refractivity contribution in [1.29, 1.82) is 0 Å². The zero-order chi connectivity index (χ0) is 14.1. The number of fused-ring (bicyclic) bond motifs is 1. The summed E-state index contributed by atoms with van der Waals surface area (Å²) in [6.45, 7) is 2.25. The summed E-state index contributed by atoms with van der Waals surface area (Å²) in [6.07, 6.45) is 3.45. The Labute approximate surface area is 125 Å². The van der Waals surface area contributed by atoms with E-state index in [-0.39, 0.29) is 5.82 Å². The van der Waals surface area contributed by atoms with Crippen LogP contribution in [0.1, 0.15) is 19.3 Å². The summed E-state index contributed by atoms with van der Waals surface area (Å²) in [5.74, 6) is 0.893. The first kappa shape index (κ1) is 13.8. The Morgan fingerprint density at radius 1 is 1.45 bits per heavy atom. The van der Waals surface area contributed by atoms with E-state index in [2.05, 4.69) is 20.9 Å². The molecule has 0 radical (unpaired) electrons. The Balaban J connectivity index is 1.66. The molecule has 3 rings (SSSR count). The maximum atomic E-state index is 13.6. The molecule has 0 atom stereocenters. The van der Waals surface area contributed by atoms with Gasteiger partial charge in [-0.25, -0.2) is 9.37 Å². The summed E-state index contributed by atoms with van der Waals surface area (Å²) >= 11 is 3.16. The molecule has 108 valence electrons. The average molecular weight is 342 g/mol. The molecular formula is C14H17BrFN3O. The fraction of sp³-hybridized carbons (Fsp3) is 0.500. The van der Waals surface area contributed by atoms with Crippen LogP contribution in [0, 0.1) is 11.7 Å². The van der Waals surface area contributed by atoms with Crippen LogP contribution in [0.4, 0.5) is 10.3 Å². The first-order valence-electron chi connectivity index (χ1n) is 6.83. The number of halogens is 2. The standard InChI is InChI=1S/C14H17BrFN3O/c15-10-6-12-13(7-11(10)16)19(14(17)18-12)4-1-5-20-8-9-2-3-9/h6-7,9H,1-5,8H2,(H2,17,18). The van der Waals surface area contributed by atoms with Gasteiger partial charge < -0.3 is 15.0 Å². The first-order chi connectivity index (χ1) is 9.65. The van der Waals surface area contributed by atoms with Gasteiger partial charge in [-0.2, -0.15) is 0 Å². The smallest absolute Gasteiger partial charge is 0.201 e. The minimum Gasteiger partial charge on any atom is -0.381 e. The number of nitrogens with two attached hydrogens (primary N) is 1. The predicted octanol–water partition coefficient (Wildman–Crippen LogP) is 3.34. The number of ether oxygens (including phenoxy) is 1. The second-order valence-corrected chi connectivity index (χ2v) is 6.10. The number of imidazole rings is 1. The molecule has 1 saturated carbocycles. The van der Waals surface area contributed by atoms with Gasteiger partial charge in [0.2, 0.25) is 5.95 Å². The minimum atomic E-state index is -0.302. The number of nitrogens with zero attached hydrogens (tertiary/aromatic N) is 2. The van der Waals surface area contributed by atoms with Crippen LogP contribution in [0.3, 0.4) is 0 Å². The van der Waals surface area contributed by atoms with Crippen LogP contribution < -0.4 is 5.73 Å². The number of hydrogen-bond acceptors (Lipinski definition) is 3. The number of benzene rings is 1. The fourth-order valence-corrected chi connectivity index (χ4v) is 2.56. The lowest BCUT2D eigenvalue weighted by molar-refractivity contribution is 0.119. The number of nitrogen functional groups attached to an aromatic ring is 1. The summed E-state index contributed by atoms with van der Waals surface area (Å²) in [5.41, 5.74) is 7.33. The van der Waals surface area contributed by atoms with Crippen molar-refractivity contribution in [2.24, 2.45) is 5.92 Å². The Hall–Kier alpha value is -1.14. The van der Waals surface area contributed by atoms with Crippen molar-refractivity contribution >= 4 is 32.9 Å². The summed E-state index contributed by atoms with van der Waals surface area (Å²) in [7, 11) is 0. The van der Waals surface area contributed by atoms with Gasteiger partial charge in [0.25, 0.3) is 0 Å². The zero-order valence-electron chi connectivity index (χ0n) is 11.1. The average Bonchev–Trinajstić information content (AvgIpc) is 3.17. The Bertz CT molecular complexity index is 624. The van der Waals surface area contributed by atoms with E-state index >= 15 is 0 Å². The highest BCUT2D eigenvalue weighted by Crippen LogP contribution is 2.29. The molecule has 1 heterocycles. The number of rotatable bonds is 6. The molecule has 1 aliphatic rings. The highest BCUT2D eigenvalue weighted by atomic mass is 79.9. The van der Waals surface area contributed by atoms with E-state index < -0.39 is 0 Å². The van der Waals surface area contributed by atoms with Gasteiger partial charge in [0.05, 0.1) is 15.5 Å². The molecule has 1 fully saturated rings. The van der Waals surface area contributed by atoms with E-state index in [1.165, 1.54) is 18.9 Å². The molecule has 0 amide bonds. The van der Waals surface area contributed by atoms with E-state index in [9.17, 15) is 4.39 Å². The van der Waals surface area contributed by atoms with Gasteiger partial charge in [-0.15, -0.1) is 0 Å². The molecule has 0 saturated heterocycles. The predicted molar refractivity (Wildman–Crippen MR) is 80.0 cm³/mol. The molecule has 0 bridgehead atoms. The molecular weight excluding hydrogens is 325 g/mol. The van der Waals surface area contributed by atoms with E-state index in [4.69, 9.17) is 10.5 Å². The molecule has 2 N–H and O–H groups in total. The number of hydrogen-bond donors (Lipinski definition) is 1. The zero-order valence-corrected chi connectivity index (χ0v) is 12.7. The molecule has 1 aromatic carbocycles. The van der Waals surface area contributed by atoms with Crippen molar-refractivity contribution < 1.29 is 9.13 Å². The summed E-state index contributed by atoms with van der Waals surface area (Å²) < 4.78 is 21.5. The van der Waals surface area contributed by atoms with Crippen LogP contribution in [-0.2, 0) is 11.3 Å². The number of aryl methyl sites for hydroxylation is 1. The lowest BCUT2D eigenvalue weighted by Gasteiger charge is -2.07. The second-order valence-electron chi connectivity index (χ2n) is 5.25. The van der Waals surface area contributed by atoms with Gasteiger partial charge in [0.1, 0.15) is 5.82 Å². The van der Waals surface area contributed by atoms with Gasteiger partial charge in [-0.1, -0.05) is 0 Å². The Morgan fingerprint density at radius 3 is 3.00 bits per heavy atom. The van der Waals surface area contributed by atoms with Gasteiger partial charge in [0.15, 0.2) is 0 Å². The third-order valence-corrected chi connectivity index (χ3v) is 4.15. The molecule has 0 spiro atoms. The van der Waals surface area contributed by atoms with Crippen molar-refractivity contribution in [2.75, 3.05) is 18.9 Å². The molecule has 4 nitrogen and oxygen atoms in total. The Kier molecular flexibility index (Phi) is 3.94. The quantitative estimate of drug-likeness (QED) is 0.820. The van der Waals surface area contributed by atoms with Gasteiger partial charge >= 0.3 is 0 Å². The van der Waals surface area contributed by atoms with Crippen LogP contribution in [0.15, 0.2) is 16.6 Å². The molecule has 0 aliphatic heterocycles. The van der Waals surface area contributed by atoms with Crippen molar-refractivity contribution in [3.8, 4) is 0 Å². The van der Waals surface area contributed by atoms with Crippen LogP contribution in [-0.4, -0.2) is 22.8 Å². The van der Waals surface area contributed by atoms with Crippen molar-refractivity contribution in [1.82, 2.24) is 9.55 Å². The minimum absolute atomic E-state index is 0.302. The van der Waals surface area contributed by atoms with E-state index in [1.54, 1.807) is 6.07 Å². The third kappa shape index (κ3) is 2.96. The number of anilines is 1. The number of aromatic nitrogens is 2. The summed E-state index contributed by atoms with van der Waals surface area (Å²) in [4.78, 5) is 4.26. The molecule has 0 unspecified atom stereocenters. The SMILES string of the molecule is Nc1nc2cc(Br)c(F)cc2n1CCCOCC1CC1. The summed E-state index contributed by atoms with van der Waals surface area (Å²) in [6, 6.07) is 3.12. The van der Waals surface area contributed by atoms with Gasteiger partial charge in [-0.05, 0) is 47.2 Å². The van der Waals surface area contributed by atoms with Crippen molar-refractivity contribution in [2.45, 2.75) is 25.8 Å². The van der Waals surface area contributed by atoms with Crippen LogP contribution >= 0.6 is 15.9 Å². The van der Waals surface area contributed by atoms with Crippen LogP contribution in [0.25, 0.3) is 11.0 Å². The van der Waals surface area contributed by atoms with Gasteiger partial charge in [0, 0.05) is 25.8 Å². The lowest BCUT2D eigenvalue weighted by Crippen LogP contribution is -2.07. The molecule has 6 heteroatoms. The highest BCUT2D eigenvalue weighted by molar-refractivity contribution is 9.10. The fourth-order valence-electron chi connectivity index (χ4n) is 2.23. The van der Waals surface area contributed by atoms with E-state index in [0.717, 1.165) is 24.5 Å². The van der Waals surface area contributed by atoms with E-state index in [0.29, 0.717) is 29.1 Å². The van der Waals surface area contributed by atoms with Gasteiger partial charge in [-0.3, -0.25) is 0 Å². The van der Waals surface area contributed by atoms with Crippen molar-refractivity contribution in [3.63, 3.8) is 0 Å². The second kappa shape index (κ2) is 5.69. The molecule has 1 aromatic heterocycles.